The Kier molecular flexibility index (Phi) is 6.54. The summed E-state index contributed by atoms with van der Waals surface area (Å²) in [5.74, 6) is 1.79. The predicted molar refractivity (Wildman–Crippen MR) is 146 cm³/mol. The molecule has 1 amide bonds. The van der Waals surface area contributed by atoms with Crippen molar-refractivity contribution in [3.8, 4) is 17.2 Å². The van der Waals surface area contributed by atoms with Gasteiger partial charge in [-0.15, -0.1) is 0 Å². The zero-order valence-electron chi connectivity index (χ0n) is 21.8. The number of nitrogens with zero attached hydrogens (tertiary/aromatic N) is 6. The van der Waals surface area contributed by atoms with Crippen molar-refractivity contribution in [3.05, 3.63) is 54.0 Å². The van der Waals surface area contributed by atoms with Crippen molar-refractivity contribution < 1.29 is 9.53 Å². The average Bonchev–Trinajstić information content (AvgIpc) is 3.88. The summed E-state index contributed by atoms with van der Waals surface area (Å²) in [5, 5.41) is 11.2. The Morgan fingerprint density at radius 3 is 2.76 bits per heavy atom. The summed E-state index contributed by atoms with van der Waals surface area (Å²) in [6.45, 7) is 6.36. The van der Waals surface area contributed by atoms with Gasteiger partial charge in [0, 0.05) is 49.8 Å². The van der Waals surface area contributed by atoms with E-state index in [9.17, 15) is 10.1 Å². The molecule has 1 atom stereocenters. The predicted octanol–water partition coefficient (Wildman–Crippen LogP) is 4.55. The lowest BCUT2D eigenvalue weighted by Gasteiger charge is -2.42. The Bertz CT molecular complexity index is 1440. The van der Waals surface area contributed by atoms with Crippen LogP contribution in [0.25, 0.3) is 28.2 Å². The fourth-order valence-corrected chi connectivity index (χ4v) is 5.66. The van der Waals surface area contributed by atoms with Crippen molar-refractivity contribution in [1.82, 2.24) is 19.9 Å². The van der Waals surface area contributed by atoms with E-state index in [2.05, 4.69) is 27.5 Å². The van der Waals surface area contributed by atoms with E-state index < -0.39 is 0 Å². The number of carbonyl (C=O) groups is 1. The third-order valence-electron chi connectivity index (χ3n) is 7.94. The van der Waals surface area contributed by atoms with Crippen molar-refractivity contribution in [2.24, 2.45) is 5.92 Å². The molecule has 8 nitrogen and oxygen atoms in total. The molecular weight excluding hydrogens is 476 g/mol. The Labute approximate surface area is 223 Å². The molecule has 0 N–H and O–H groups in total. The number of hydrogen-bond acceptors (Lipinski definition) is 7. The first-order chi connectivity index (χ1) is 18.6. The zero-order chi connectivity index (χ0) is 26.2. The lowest BCUT2D eigenvalue weighted by Crippen LogP contribution is -2.56. The first-order valence-electron chi connectivity index (χ1n) is 13.5. The number of pyridine rings is 3. The van der Waals surface area contributed by atoms with Gasteiger partial charge in [0.05, 0.1) is 36.0 Å². The monoisotopic (exact) mass is 508 g/mol. The van der Waals surface area contributed by atoms with Crippen molar-refractivity contribution in [2.45, 2.75) is 44.1 Å². The normalized spacial score (nSPS) is 19.4. The van der Waals surface area contributed by atoms with Crippen LogP contribution in [0.2, 0.25) is 0 Å². The number of anilines is 1. The van der Waals surface area contributed by atoms with Crippen LogP contribution >= 0.6 is 0 Å². The van der Waals surface area contributed by atoms with Crippen LogP contribution in [-0.4, -0.2) is 65.2 Å². The molecule has 0 radical (unpaired) electrons. The highest BCUT2D eigenvalue weighted by Crippen LogP contribution is 2.46. The summed E-state index contributed by atoms with van der Waals surface area (Å²) in [6.07, 6.45) is 8.35. The molecule has 0 bridgehead atoms. The molecule has 4 heterocycles. The molecule has 3 fully saturated rings. The van der Waals surface area contributed by atoms with Gasteiger partial charge in [-0.05, 0) is 67.5 Å². The molecule has 8 heteroatoms. The van der Waals surface area contributed by atoms with Crippen molar-refractivity contribution >= 4 is 28.8 Å². The second-order valence-electron chi connectivity index (χ2n) is 10.5. The second-order valence-corrected chi connectivity index (χ2v) is 10.5. The summed E-state index contributed by atoms with van der Waals surface area (Å²) in [5.41, 5.74) is 4.96. The smallest absolute Gasteiger partial charge is 0.225 e. The molecule has 2 saturated carbocycles. The van der Waals surface area contributed by atoms with Crippen LogP contribution in [0, 0.1) is 17.2 Å². The first-order valence-corrected chi connectivity index (χ1v) is 13.5. The second kappa shape index (κ2) is 10.1. The van der Waals surface area contributed by atoms with Gasteiger partial charge in [0.2, 0.25) is 5.91 Å². The van der Waals surface area contributed by atoms with E-state index in [1.807, 2.05) is 29.2 Å². The van der Waals surface area contributed by atoms with Crippen LogP contribution in [-0.2, 0) is 9.53 Å². The molecule has 3 aliphatic rings. The maximum atomic E-state index is 12.9. The van der Waals surface area contributed by atoms with Crippen LogP contribution in [0.4, 0.5) is 5.82 Å². The van der Waals surface area contributed by atoms with E-state index in [1.54, 1.807) is 19.4 Å². The molecule has 3 aromatic rings. The average molecular weight is 509 g/mol. The van der Waals surface area contributed by atoms with E-state index in [1.165, 1.54) is 0 Å². The Hall–Kier alpha value is -3.83. The molecule has 1 aliphatic heterocycles. The number of amides is 1. The quantitative estimate of drug-likeness (QED) is 0.441. The van der Waals surface area contributed by atoms with Gasteiger partial charge in [-0.3, -0.25) is 4.79 Å². The van der Waals surface area contributed by atoms with Gasteiger partial charge < -0.3 is 14.5 Å². The topological polar surface area (TPSA) is 95.2 Å². The van der Waals surface area contributed by atoms with Crippen LogP contribution < -0.4 is 4.90 Å². The molecule has 2 aliphatic carbocycles. The van der Waals surface area contributed by atoms with Gasteiger partial charge in [0.1, 0.15) is 11.9 Å². The third-order valence-corrected chi connectivity index (χ3v) is 7.94. The SMILES string of the molecule is C=Cc1cc(-c2cc(C#N)c(N3CCN(C(=O)CCOC)C(C4CC4)C3)nc2C2CC2)c2cccnc2n1. The number of piperazine rings is 1. The molecule has 1 unspecified atom stereocenters. The third kappa shape index (κ3) is 4.63. The van der Waals surface area contributed by atoms with Crippen molar-refractivity contribution in [3.63, 3.8) is 0 Å². The highest BCUT2D eigenvalue weighted by Gasteiger charge is 2.41. The maximum Gasteiger partial charge on any atom is 0.225 e. The fourth-order valence-electron chi connectivity index (χ4n) is 5.66. The van der Waals surface area contributed by atoms with E-state index in [0.717, 1.165) is 59.4 Å². The number of nitriles is 1. The Balaban J connectivity index is 1.40. The number of carbonyl (C=O) groups excluding carboxylic acids is 1. The van der Waals surface area contributed by atoms with Gasteiger partial charge in [-0.2, -0.15) is 5.26 Å². The largest absolute Gasteiger partial charge is 0.384 e. The lowest BCUT2D eigenvalue weighted by molar-refractivity contribution is -0.135. The fraction of sp³-hybridized carbons (Fsp3) is 0.433. The summed E-state index contributed by atoms with van der Waals surface area (Å²) in [6, 6.07) is 10.5. The molecule has 0 spiro atoms. The van der Waals surface area contributed by atoms with E-state index in [0.29, 0.717) is 55.7 Å². The van der Waals surface area contributed by atoms with Gasteiger partial charge in [0.25, 0.3) is 0 Å². The molecule has 6 rings (SSSR count). The highest BCUT2D eigenvalue weighted by atomic mass is 16.5. The van der Waals surface area contributed by atoms with Crippen LogP contribution in [0.5, 0.6) is 0 Å². The molecule has 3 aromatic heterocycles. The van der Waals surface area contributed by atoms with Crippen LogP contribution in [0.15, 0.2) is 37.0 Å². The molecule has 0 aromatic carbocycles. The molecule has 194 valence electrons. The number of hydrogen-bond donors (Lipinski definition) is 0. The van der Waals surface area contributed by atoms with Gasteiger partial charge >= 0.3 is 0 Å². The zero-order valence-corrected chi connectivity index (χ0v) is 21.8. The minimum absolute atomic E-state index is 0.149. The number of rotatable bonds is 8. The molecular formula is C30H32N6O2. The minimum atomic E-state index is 0.149. The summed E-state index contributed by atoms with van der Waals surface area (Å²) >= 11 is 0. The minimum Gasteiger partial charge on any atom is -0.384 e. The van der Waals surface area contributed by atoms with Crippen LogP contribution in [0.1, 0.15) is 55.0 Å². The Morgan fingerprint density at radius 1 is 1.21 bits per heavy atom. The summed E-state index contributed by atoms with van der Waals surface area (Å²) in [4.78, 5) is 31.5. The van der Waals surface area contributed by atoms with Crippen LogP contribution in [0.3, 0.4) is 0 Å². The van der Waals surface area contributed by atoms with E-state index in [4.69, 9.17) is 9.72 Å². The number of methoxy groups -OCH3 is 1. The first kappa shape index (κ1) is 24.5. The van der Waals surface area contributed by atoms with Crippen molar-refractivity contribution in [1.29, 1.82) is 5.26 Å². The van der Waals surface area contributed by atoms with E-state index in [-0.39, 0.29) is 11.9 Å². The number of aromatic nitrogens is 3. The molecule has 1 saturated heterocycles. The maximum absolute atomic E-state index is 12.9. The van der Waals surface area contributed by atoms with Crippen molar-refractivity contribution in [2.75, 3.05) is 38.3 Å². The van der Waals surface area contributed by atoms with E-state index >= 15 is 0 Å². The summed E-state index contributed by atoms with van der Waals surface area (Å²) in [7, 11) is 1.63. The Morgan fingerprint density at radius 2 is 2.05 bits per heavy atom. The standard InChI is InChI=1S/C30H32N6O2/c1-3-22-16-24(23-5-4-11-32-29(23)33-22)25-15-21(17-31)30(34-28(25)20-8-9-20)35-12-13-36(27(37)10-14-38-2)26(18-35)19-6-7-19/h3-5,11,15-16,19-20,26H,1,6-10,12-14,18H2,2H3. The number of fused-ring (bicyclic) bond motifs is 1. The van der Waals surface area contributed by atoms with Gasteiger partial charge in [-0.1, -0.05) is 6.58 Å². The van der Waals surface area contributed by atoms with Gasteiger partial charge in [0.15, 0.2) is 5.65 Å². The lowest BCUT2D eigenvalue weighted by atomic mass is 9.96. The highest BCUT2D eigenvalue weighted by molar-refractivity contribution is 5.95. The summed E-state index contributed by atoms with van der Waals surface area (Å²) < 4.78 is 5.15. The molecule has 38 heavy (non-hydrogen) atoms. The number of ether oxygens (including phenoxy) is 1. The van der Waals surface area contributed by atoms with Gasteiger partial charge in [-0.25, -0.2) is 15.0 Å².